The van der Waals surface area contributed by atoms with Crippen LogP contribution in [0.4, 0.5) is 0 Å². The third kappa shape index (κ3) is 5.03. The molecular weight excluding hydrogens is 240 g/mol. The van der Waals surface area contributed by atoms with Gasteiger partial charge in [0.1, 0.15) is 0 Å². The summed E-state index contributed by atoms with van der Waals surface area (Å²) in [6.07, 6.45) is 9.10. The van der Waals surface area contributed by atoms with Crippen LogP contribution in [0.3, 0.4) is 0 Å². The molecule has 1 aliphatic heterocycles. The first-order valence-electron chi connectivity index (χ1n) is 8.00. The molecule has 2 aliphatic rings. The van der Waals surface area contributed by atoms with Crippen LogP contribution in [0.1, 0.15) is 44.9 Å². The maximum absolute atomic E-state index is 8.77. The van der Waals surface area contributed by atoms with Crippen LogP contribution in [0.25, 0.3) is 0 Å². The first-order valence-corrected chi connectivity index (χ1v) is 8.00. The van der Waals surface area contributed by atoms with Crippen molar-refractivity contribution in [2.75, 3.05) is 32.8 Å². The second-order valence-electron chi connectivity index (χ2n) is 6.16. The number of piperidine rings is 1. The van der Waals surface area contributed by atoms with Crippen LogP contribution >= 0.6 is 0 Å². The van der Waals surface area contributed by atoms with Crippen LogP contribution < -0.4 is 5.73 Å². The molecule has 0 aromatic heterocycles. The second kappa shape index (κ2) is 8.20. The summed E-state index contributed by atoms with van der Waals surface area (Å²) in [7, 11) is 0. The minimum absolute atomic E-state index is 0.136. The smallest absolute Gasteiger partial charge is 0.0701 e. The maximum Gasteiger partial charge on any atom is 0.0701 e. The monoisotopic (exact) mass is 270 g/mol. The van der Waals surface area contributed by atoms with Crippen LogP contribution in [-0.2, 0) is 4.74 Å². The van der Waals surface area contributed by atoms with E-state index in [1.165, 1.54) is 38.6 Å². The molecule has 0 amide bonds. The number of aliphatic hydroxyl groups is 1. The molecule has 0 aromatic rings. The molecule has 3 N–H and O–H groups in total. The lowest BCUT2D eigenvalue weighted by molar-refractivity contribution is -0.0106. The molecule has 2 atom stereocenters. The van der Waals surface area contributed by atoms with E-state index in [-0.39, 0.29) is 6.61 Å². The normalized spacial score (nSPS) is 31.3. The lowest BCUT2D eigenvalue weighted by Gasteiger charge is -2.35. The van der Waals surface area contributed by atoms with Gasteiger partial charge in [0.05, 0.1) is 19.3 Å². The van der Waals surface area contributed by atoms with Gasteiger partial charge in [0.15, 0.2) is 0 Å². The molecule has 0 bridgehead atoms. The Kier molecular flexibility index (Phi) is 6.57. The van der Waals surface area contributed by atoms with Gasteiger partial charge in [0, 0.05) is 25.7 Å². The lowest BCUT2D eigenvalue weighted by Crippen LogP contribution is -2.43. The van der Waals surface area contributed by atoms with Gasteiger partial charge in [-0.3, -0.25) is 0 Å². The van der Waals surface area contributed by atoms with Gasteiger partial charge < -0.3 is 20.5 Å². The van der Waals surface area contributed by atoms with E-state index in [0.717, 1.165) is 25.9 Å². The van der Waals surface area contributed by atoms with Crippen LogP contribution in [0.2, 0.25) is 0 Å². The molecule has 1 saturated carbocycles. The summed E-state index contributed by atoms with van der Waals surface area (Å²) < 4.78 is 5.61. The second-order valence-corrected chi connectivity index (χ2v) is 6.16. The largest absolute Gasteiger partial charge is 0.394 e. The van der Waals surface area contributed by atoms with Gasteiger partial charge in [-0.25, -0.2) is 0 Å². The van der Waals surface area contributed by atoms with E-state index < -0.39 is 0 Å². The van der Waals surface area contributed by atoms with Gasteiger partial charge in [0.2, 0.25) is 0 Å². The van der Waals surface area contributed by atoms with Gasteiger partial charge in [-0.05, 0) is 31.6 Å². The van der Waals surface area contributed by atoms with E-state index in [2.05, 4.69) is 4.90 Å². The maximum atomic E-state index is 8.77. The van der Waals surface area contributed by atoms with Crippen molar-refractivity contribution >= 4 is 0 Å². The Labute approximate surface area is 117 Å². The fourth-order valence-electron chi connectivity index (χ4n) is 3.45. The summed E-state index contributed by atoms with van der Waals surface area (Å²) in [6, 6.07) is 0.408. The van der Waals surface area contributed by atoms with Gasteiger partial charge in [-0.1, -0.05) is 19.3 Å². The summed E-state index contributed by atoms with van der Waals surface area (Å²) in [5, 5.41) is 8.77. The fourth-order valence-corrected chi connectivity index (χ4v) is 3.45. The van der Waals surface area contributed by atoms with E-state index in [0.29, 0.717) is 24.7 Å². The first-order chi connectivity index (χ1) is 9.29. The lowest BCUT2D eigenvalue weighted by atomic mass is 9.94. The van der Waals surface area contributed by atoms with Crippen molar-refractivity contribution in [1.29, 1.82) is 0 Å². The fraction of sp³-hybridized carbons (Fsp3) is 1.00. The van der Waals surface area contributed by atoms with Crippen LogP contribution in [0, 0.1) is 5.92 Å². The standard InChI is InChI=1S/C15H30N2O2/c16-15-5-3-1-2-4-13(15)12-17-8-6-14(7-9-17)19-11-10-18/h13-15,18H,1-12,16H2. The van der Waals surface area contributed by atoms with Crippen LogP contribution in [0.15, 0.2) is 0 Å². The average Bonchev–Trinajstić information content (AvgIpc) is 2.63. The first kappa shape index (κ1) is 15.2. The third-order valence-corrected chi connectivity index (χ3v) is 4.69. The Bertz CT molecular complexity index is 242. The number of nitrogens with two attached hydrogens (primary N) is 1. The Balaban J connectivity index is 1.69. The molecule has 1 heterocycles. The van der Waals surface area contributed by atoms with Gasteiger partial charge >= 0.3 is 0 Å². The zero-order valence-electron chi connectivity index (χ0n) is 12.1. The zero-order chi connectivity index (χ0) is 13.5. The third-order valence-electron chi connectivity index (χ3n) is 4.69. The minimum Gasteiger partial charge on any atom is -0.394 e. The highest BCUT2D eigenvalue weighted by atomic mass is 16.5. The number of rotatable bonds is 5. The van der Waals surface area contributed by atoms with Crippen LogP contribution in [0.5, 0.6) is 0 Å². The number of aliphatic hydroxyl groups excluding tert-OH is 1. The predicted octanol–water partition coefficient (Wildman–Crippen LogP) is 1.37. The Morgan fingerprint density at radius 3 is 2.53 bits per heavy atom. The average molecular weight is 270 g/mol. The molecule has 0 radical (unpaired) electrons. The number of nitrogens with zero attached hydrogens (tertiary/aromatic N) is 1. The van der Waals surface area contributed by atoms with Crippen molar-refractivity contribution in [3.05, 3.63) is 0 Å². The zero-order valence-corrected chi connectivity index (χ0v) is 12.1. The molecule has 19 heavy (non-hydrogen) atoms. The molecular formula is C15H30N2O2. The summed E-state index contributed by atoms with van der Waals surface area (Å²) in [5.74, 6) is 0.692. The van der Waals surface area contributed by atoms with Crippen molar-refractivity contribution in [3.8, 4) is 0 Å². The molecule has 0 spiro atoms. The van der Waals surface area contributed by atoms with E-state index in [1.54, 1.807) is 0 Å². The molecule has 112 valence electrons. The molecule has 4 nitrogen and oxygen atoms in total. The molecule has 0 aromatic carbocycles. The Morgan fingerprint density at radius 2 is 1.79 bits per heavy atom. The van der Waals surface area contributed by atoms with E-state index in [9.17, 15) is 0 Å². The highest BCUT2D eigenvalue weighted by Crippen LogP contribution is 2.24. The predicted molar refractivity (Wildman–Crippen MR) is 77.1 cm³/mol. The number of likely N-dealkylation sites (tertiary alicyclic amines) is 1. The van der Waals surface area contributed by atoms with Crippen molar-refractivity contribution < 1.29 is 9.84 Å². The molecule has 1 saturated heterocycles. The minimum atomic E-state index is 0.136. The number of hydrogen-bond donors (Lipinski definition) is 2. The molecule has 1 aliphatic carbocycles. The van der Waals surface area contributed by atoms with E-state index in [1.807, 2.05) is 0 Å². The van der Waals surface area contributed by atoms with E-state index in [4.69, 9.17) is 15.6 Å². The molecule has 2 unspecified atom stereocenters. The SMILES string of the molecule is NC1CCCCCC1CN1CCC(OCCO)CC1. The molecule has 2 fully saturated rings. The molecule has 2 rings (SSSR count). The molecule has 4 heteroatoms. The van der Waals surface area contributed by atoms with Crippen molar-refractivity contribution in [3.63, 3.8) is 0 Å². The quantitative estimate of drug-likeness (QED) is 0.741. The highest BCUT2D eigenvalue weighted by molar-refractivity contribution is 4.81. The number of ether oxygens (including phenoxy) is 1. The number of hydrogen-bond acceptors (Lipinski definition) is 4. The van der Waals surface area contributed by atoms with Gasteiger partial charge in [-0.15, -0.1) is 0 Å². The summed E-state index contributed by atoms with van der Waals surface area (Å²) in [5.41, 5.74) is 6.31. The van der Waals surface area contributed by atoms with Crippen LogP contribution in [-0.4, -0.2) is 55.0 Å². The highest BCUT2D eigenvalue weighted by Gasteiger charge is 2.25. The Hall–Kier alpha value is -0.160. The van der Waals surface area contributed by atoms with Crippen molar-refractivity contribution in [2.45, 2.75) is 57.1 Å². The summed E-state index contributed by atoms with van der Waals surface area (Å²) in [6.45, 7) is 4.04. The topological polar surface area (TPSA) is 58.7 Å². The Morgan fingerprint density at radius 1 is 1.05 bits per heavy atom. The summed E-state index contributed by atoms with van der Waals surface area (Å²) in [4.78, 5) is 2.56. The van der Waals surface area contributed by atoms with Crippen molar-refractivity contribution in [2.24, 2.45) is 11.7 Å². The van der Waals surface area contributed by atoms with Gasteiger partial charge in [0.25, 0.3) is 0 Å². The van der Waals surface area contributed by atoms with Crippen molar-refractivity contribution in [1.82, 2.24) is 4.90 Å². The van der Waals surface area contributed by atoms with E-state index >= 15 is 0 Å². The van der Waals surface area contributed by atoms with Gasteiger partial charge in [-0.2, -0.15) is 0 Å². The summed E-state index contributed by atoms with van der Waals surface area (Å²) >= 11 is 0.